The van der Waals surface area contributed by atoms with Gasteiger partial charge in [-0.1, -0.05) is 30.3 Å². The predicted octanol–water partition coefficient (Wildman–Crippen LogP) is 0.539. The normalized spacial score (nSPS) is 14.5. The molecule has 0 bridgehead atoms. The van der Waals surface area contributed by atoms with Gasteiger partial charge in [0.2, 0.25) is 0 Å². The molecule has 1 fully saturated rings. The molecule has 2 rings (SSSR count). The summed E-state index contributed by atoms with van der Waals surface area (Å²) < 4.78 is 4.54. The molecule has 0 amide bonds. The van der Waals surface area contributed by atoms with Crippen LogP contribution in [0.1, 0.15) is 5.56 Å². The van der Waals surface area contributed by atoms with Crippen LogP contribution in [0, 0.1) is 0 Å². The van der Waals surface area contributed by atoms with Crippen LogP contribution in [0.3, 0.4) is 0 Å². The van der Waals surface area contributed by atoms with E-state index in [0.29, 0.717) is 13.1 Å². The van der Waals surface area contributed by atoms with Gasteiger partial charge in [0, 0.05) is 26.2 Å². The van der Waals surface area contributed by atoms with Gasteiger partial charge in [-0.2, -0.15) is 0 Å². The lowest BCUT2D eigenvalue weighted by atomic mass is 10.2. The van der Waals surface area contributed by atoms with Gasteiger partial charge in [-0.15, -0.1) is 0 Å². The Morgan fingerprint density at radius 3 is 2.06 bits per heavy atom. The zero-order valence-electron chi connectivity index (χ0n) is 9.32. The molecule has 0 aromatic heterocycles. The second-order valence-corrected chi connectivity index (χ2v) is 3.39. The molecule has 16 heavy (non-hydrogen) atoms. The molecule has 2 N–H and O–H groups in total. The Morgan fingerprint density at radius 2 is 1.62 bits per heavy atom. The van der Waals surface area contributed by atoms with Crippen molar-refractivity contribution in [1.82, 2.24) is 10.6 Å². The zero-order chi connectivity index (χ0) is 11.5. The molecule has 1 saturated heterocycles. The van der Waals surface area contributed by atoms with Gasteiger partial charge < -0.3 is 15.4 Å². The van der Waals surface area contributed by atoms with Crippen LogP contribution in [0.5, 0.6) is 0 Å². The number of nitrogens with one attached hydrogen (secondary N) is 2. The van der Waals surface area contributed by atoms with Gasteiger partial charge >= 0.3 is 0 Å². The van der Waals surface area contributed by atoms with Gasteiger partial charge in [-0.25, -0.2) is 0 Å². The van der Waals surface area contributed by atoms with Crippen LogP contribution in [0.4, 0.5) is 0 Å². The van der Waals surface area contributed by atoms with Crippen LogP contribution in [0.2, 0.25) is 0 Å². The maximum absolute atomic E-state index is 9.76. The average Bonchev–Trinajstić information content (AvgIpc) is 2.40. The van der Waals surface area contributed by atoms with Gasteiger partial charge in [-0.05, 0) is 5.56 Å². The maximum Gasteiger partial charge on any atom is 0.293 e. The van der Waals surface area contributed by atoms with Crippen molar-refractivity contribution in [3.8, 4) is 0 Å². The minimum Gasteiger partial charge on any atom is -0.463 e. The molecule has 1 aliphatic rings. The molecule has 0 atom stereocenters. The van der Waals surface area contributed by atoms with E-state index in [1.54, 1.807) is 0 Å². The fourth-order valence-corrected chi connectivity index (χ4v) is 1.31. The Morgan fingerprint density at radius 1 is 1.06 bits per heavy atom. The topological polar surface area (TPSA) is 50.4 Å². The third kappa shape index (κ3) is 6.16. The van der Waals surface area contributed by atoms with E-state index in [4.69, 9.17) is 0 Å². The average molecular weight is 222 g/mol. The largest absolute Gasteiger partial charge is 0.463 e. The van der Waals surface area contributed by atoms with Crippen molar-refractivity contribution in [2.24, 2.45) is 0 Å². The summed E-state index contributed by atoms with van der Waals surface area (Å²) >= 11 is 0. The molecule has 1 aromatic carbocycles. The van der Waals surface area contributed by atoms with Crippen molar-refractivity contribution in [2.45, 2.75) is 6.61 Å². The Bertz CT molecular complexity index is 262. The summed E-state index contributed by atoms with van der Waals surface area (Å²) in [4.78, 5) is 9.76. The van der Waals surface area contributed by atoms with Gasteiger partial charge in [0.1, 0.15) is 6.61 Å². The van der Waals surface area contributed by atoms with E-state index in [2.05, 4.69) is 15.4 Å². The summed E-state index contributed by atoms with van der Waals surface area (Å²) in [6.07, 6.45) is 0. The number of rotatable bonds is 3. The van der Waals surface area contributed by atoms with Gasteiger partial charge in [-0.3, -0.25) is 4.79 Å². The van der Waals surface area contributed by atoms with Crippen LogP contribution in [0.25, 0.3) is 0 Å². The van der Waals surface area contributed by atoms with Crippen LogP contribution in [0.15, 0.2) is 30.3 Å². The van der Waals surface area contributed by atoms with E-state index in [1.165, 1.54) is 0 Å². The zero-order valence-corrected chi connectivity index (χ0v) is 9.32. The number of piperazine rings is 1. The lowest BCUT2D eigenvalue weighted by Gasteiger charge is -2.11. The highest BCUT2D eigenvalue weighted by atomic mass is 16.5. The Hall–Kier alpha value is -1.39. The first-order valence-corrected chi connectivity index (χ1v) is 5.44. The number of carbonyl (C=O) groups excluding carboxylic acids is 1. The van der Waals surface area contributed by atoms with Crippen molar-refractivity contribution in [1.29, 1.82) is 0 Å². The van der Waals surface area contributed by atoms with E-state index in [0.717, 1.165) is 31.7 Å². The SMILES string of the molecule is C1CNCCN1.O=COCc1ccccc1. The second-order valence-electron chi connectivity index (χ2n) is 3.39. The minimum atomic E-state index is 0.365. The number of hydrogen-bond acceptors (Lipinski definition) is 4. The summed E-state index contributed by atoms with van der Waals surface area (Å²) in [6, 6.07) is 9.55. The molecule has 4 nitrogen and oxygen atoms in total. The predicted molar refractivity (Wildman–Crippen MR) is 63.0 cm³/mol. The van der Waals surface area contributed by atoms with E-state index in [-0.39, 0.29) is 0 Å². The minimum absolute atomic E-state index is 0.365. The molecule has 88 valence electrons. The molecule has 1 aromatic rings. The van der Waals surface area contributed by atoms with Crippen molar-refractivity contribution in [2.75, 3.05) is 26.2 Å². The van der Waals surface area contributed by atoms with Crippen molar-refractivity contribution in [3.63, 3.8) is 0 Å². The number of benzene rings is 1. The summed E-state index contributed by atoms with van der Waals surface area (Å²) in [6.45, 7) is 5.37. The molecule has 4 heteroatoms. The van der Waals surface area contributed by atoms with Crippen LogP contribution < -0.4 is 10.6 Å². The first kappa shape index (κ1) is 12.7. The van der Waals surface area contributed by atoms with Crippen molar-refractivity contribution >= 4 is 6.47 Å². The fourth-order valence-electron chi connectivity index (χ4n) is 1.31. The Kier molecular flexibility index (Phi) is 7.04. The number of ether oxygens (including phenoxy) is 1. The van der Waals surface area contributed by atoms with E-state index >= 15 is 0 Å². The lowest BCUT2D eigenvalue weighted by molar-refractivity contribution is -0.129. The molecular formula is C12H18N2O2. The van der Waals surface area contributed by atoms with Gasteiger partial charge in [0.15, 0.2) is 0 Å². The first-order valence-electron chi connectivity index (χ1n) is 5.44. The Labute approximate surface area is 96.0 Å². The third-order valence-corrected chi connectivity index (χ3v) is 2.12. The smallest absolute Gasteiger partial charge is 0.293 e. The molecule has 0 spiro atoms. The van der Waals surface area contributed by atoms with Crippen LogP contribution in [-0.2, 0) is 16.1 Å². The summed E-state index contributed by atoms with van der Waals surface area (Å²) in [5.74, 6) is 0. The summed E-state index contributed by atoms with van der Waals surface area (Å²) in [7, 11) is 0. The maximum atomic E-state index is 9.76. The quantitative estimate of drug-likeness (QED) is 0.733. The van der Waals surface area contributed by atoms with Crippen molar-refractivity contribution in [3.05, 3.63) is 35.9 Å². The standard InChI is InChI=1S/C8H8O2.C4H10N2/c9-7-10-6-8-4-2-1-3-5-8;1-2-6-4-3-5-1/h1-5,7H,6H2;5-6H,1-4H2. The highest BCUT2D eigenvalue weighted by Gasteiger charge is 1.91. The van der Waals surface area contributed by atoms with Crippen molar-refractivity contribution < 1.29 is 9.53 Å². The lowest BCUT2D eigenvalue weighted by Crippen LogP contribution is -2.39. The van der Waals surface area contributed by atoms with Crippen LogP contribution >= 0.6 is 0 Å². The van der Waals surface area contributed by atoms with E-state index in [9.17, 15) is 4.79 Å². The molecular weight excluding hydrogens is 204 g/mol. The molecule has 0 saturated carbocycles. The molecule has 0 radical (unpaired) electrons. The van der Waals surface area contributed by atoms with Gasteiger partial charge in [0.25, 0.3) is 6.47 Å². The molecule has 0 unspecified atom stereocenters. The molecule has 1 aliphatic heterocycles. The Balaban J connectivity index is 0.000000181. The monoisotopic (exact) mass is 222 g/mol. The molecule has 0 aliphatic carbocycles. The van der Waals surface area contributed by atoms with Crippen LogP contribution in [-0.4, -0.2) is 32.7 Å². The highest BCUT2D eigenvalue weighted by molar-refractivity contribution is 5.37. The first-order chi connectivity index (χ1) is 7.93. The van der Waals surface area contributed by atoms with E-state index < -0.39 is 0 Å². The summed E-state index contributed by atoms with van der Waals surface area (Å²) in [5.41, 5.74) is 1.01. The number of carbonyl (C=O) groups is 1. The summed E-state index contributed by atoms with van der Waals surface area (Å²) in [5, 5.41) is 6.44. The third-order valence-electron chi connectivity index (χ3n) is 2.12. The fraction of sp³-hybridized carbons (Fsp3) is 0.417. The number of hydrogen-bond donors (Lipinski definition) is 2. The van der Waals surface area contributed by atoms with Gasteiger partial charge in [0.05, 0.1) is 0 Å². The van der Waals surface area contributed by atoms with E-state index in [1.807, 2.05) is 30.3 Å². The molecule has 1 heterocycles. The second kappa shape index (κ2) is 8.88. The highest BCUT2D eigenvalue weighted by Crippen LogP contribution is 1.98.